The first kappa shape index (κ1) is 19.4. The van der Waals surface area contributed by atoms with Crippen LogP contribution >= 0.6 is 15.9 Å². The van der Waals surface area contributed by atoms with E-state index in [-0.39, 0.29) is 12.5 Å². The number of benzene rings is 2. The SMILES string of the molecule is O=C(NCc1cccc(C(F)(F)F)c1)[C@@H]1CCN(c2ccc(Br)cc2)C1=O. The van der Waals surface area contributed by atoms with Crippen LogP contribution < -0.4 is 10.2 Å². The maximum Gasteiger partial charge on any atom is 0.416 e. The predicted octanol–water partition coefficient (Wildman–Crippen LogP) is 4.14. The van der Waals surface area contributed by atoms with E-state index in [9.17, 15) is 22.8 Å². The Kier molecular flexibility index (Phi) is 5.55. The Bertz CT molecular complexity index is 853. The molecule has 142 valence electrons. The van der Waals surface area contributed by atoms with Crippen molar-refractivity contribution >= 4 is 33.4 Å². The number of alkyl halides is 3. The van der Waals surface area contributed by atoms with Gasteiger partial charge in [-0.25, -0.2) is 0 Å². The van der Waals surface area contributed by atoms with Crippen LogP contribution in [0.25, 0.3) is 0 Å². The third-order valence-electron chi connectivity index (χ3n) is 4.38. The largest absolute Gasteiger partial charge is 0.416 e. The number of rotatable bonds is 4. The van der Waals surface area contributed by atoms with Gasteiger partial charge in [-0.2, -0.15) is 13.2 Å². The normalized spacial score (nSPS) is 17.3. The number of hydrogen-bond acceptors (Lipinski definition) is 2. The molecule has 1 atom stereocenters. The fraction of sp³-hybridized carbons (Fsp3) is 0.263. The van der Waals surface area contributed by atoms with Crippen molar-refractivity contribution in [3.8, 4) is 0 Å². The summed E-state index contributed by atoms with van der Waals surface area (Å²) in [5.74, 6) is -1.62. The molecule has 0 aromatic heterocycles. The van der Waals surface area contributed by atoms with Gasteiger partial charge in [0.25, 0.3) is 0 Å². The number of nitrogens with one attached hydrogen (secondary N) is 1. The Hall–Kier alpha value is -2.35. The maximum absolute atomic E-state index is 12.8. The highest BCUT2D eigenvalue weighted by atomic mass is 79.9. The molecule has 27 heavy (non-hydrogen) atoms. The van der Waals surface area contributed by atoms with E-state index in [1.807, 2.05) is 12.1 Å². The summed E-state index contributed by atoms with van der Waals surface area (Å²) in [7, 11) is 0. The highest BCUT2D eigenvalue weighted by molar-refractivity contribution is 9.10. The van der Waals surface area contributed by atoms with Crippen molar-refractivity contribution in [2.75, 3.05) is 11.4 Å². The second-order valence-electron chi connectivity index (χ2n) is 6.22. The van der Waals surface area contributed by atoms with Crippen molar-refractivity contribution < 1.29 is 22.8 Å². The summed E-state index contributed by atoms with van der Waals surface area (Å²) in [6.07, 6.45) is -4.07. The van der Waals surface area contributed by atoms with Gasteiger partial charge < -0.3 is 10.2 Å². The highest BCUT2D eigenvalue weighted by Gasteiger charge is 2.37. The average molecular weight is 441 g/mol. The minimum Gasteiger partial charge on any atom is -0.351 e. The molecule has 1 fully saturated rings. The van der Waals surface area contributed by atoms with Crippen LogP contribution in [-0.2, 0) is 22.3 Å². The lowest BCUT2D eigenvalue weighted by Crippen LogP contribution is -2.36. The molecule has 0 aliphatic carbocycles. The zero-order valence-electron chi connectivity index (χ0n) is 14.1. The van der Waals surface area contributed by atoms with E-state index in [1.165, 1.54) is 12.1 Å². The molecular formula is C19H16BrF3N2O2. The van der Waals surface area contributed by atoms with Gasteiger partial charge in [-0.05, 0) is 48.4 Å². The van der Waals surface area contributed by atoms with Gasteiger partial charge in [0.2, 0.25) is 11.8 Å². The standard InChI is InChI=1S/C19H16BrF3N2O2/c20-14-4-6-15(7-5-14)25-9-8-16(18(25)27)17(26)24-11-12-2-1-3-13(10-12)19(21,22)23/h1-7,10,16H,8-9,11H2,(H,24,26)/t16-/m0/s1. The van der Waals surface area contributed by atoms with Gasteiger partial charge in [0, 0.05) is 23.2 Å². The van der Waals surface area contributed by atoms with Crippen LogP contribution in [0.2, 0.25) is 0 Å². The van der Waals surface area contributed by atoms with E-state index in [0.717, 1.165) is 16.6 Å². The Balaban J connectivity index is 1.62. The lowest BCUT2D eigenvalue weighted by Gasteiger charge is -2.17. The molecule has 4 nitrogen and oxygen atoms in total. The van der Waals surface area contributed by atoms with Gasteiger partial charge >= 0.3 is 6.18 Å². The quantitative estimate of drug-likeness (QED) is 0.726. The number of anilines is 1. The van der Waals surface area contributed by atoms with E-state index in [0.29, 0.717) is 24.2 Å². The van der Waals surface area contributed by atoms with Crippen molar-refractivity contribution in [1.29, 1.82) is 0 Å². The molecule has 8 heteroatoms. The van der Waals surface area contributed by atoms with Gasteiger partial charge in [-0.1, -0.05) is 28.1 Å². The van der Waals surface area contributed by atoms with E-state index < -0.39 is 23.6 Å². The molecule has 0 spiro atoms. The van der Waals surface area contributed by atoms with E-state index in [1.54, 1.807) is 17.0 Å². The Morgan fingerprint density at radius 2 is 1.89 bits per heavy atom. The summed E-state index contributed by atoms with van der Waals surface area (Å²) in [4.78, 5) is 26.4. The molecule has 1 N–H and O–H groups in total. The molecule has 1 heterocycles. The number of carbonyl (C=O) groups excluding carboxylic acids is 2. The second kappa shape index (κ2) is 7.72. The maximum atomic E-state index is 12.8. The summed E-state index contributed by atoms with van der Waals surface area (Å²) >= 11 is 3.33. The third-order valence-corrected chi connectivity index (χ3v) is 4.91. The molecule has 2 aromatic rings. The van der Waals surface area contributed by atoms with Crippen LogP contribution in [0.1, 0.15) is 17.5 Å². The van der Waals surface area contributed by atoms with Crippen LogP contribution in [-0.4, -0.2) is 18.4 Å². The molecule has 0 bridgehead atoms. The van der Waals surface area contributed by atoms with Crippen molar-refractivity contribution in [2.24, 2.45) is 5.92 Å². The van der Waals surface area contributed by atoms with Gasteiger partial charge in [0.1, 0.15) is 5.92 Å². The van der Waals surface area contributed by atoms with Crippen LogP contribution in [0, 0.1) is 5.92 Å². The van der Waals surface area contributed by atoms with Gasteiger partial charge in [0.05, 0.1) is 5.56 Å². The van der Waals surface area contributed by atoms with E-state index in [4.69, 9.17) is 0 Å². The molecule has 1 aliphatic heterocycles. The zero-order chi connectivity index (χ0) is 19.6. The molecular weight excluding hydrogens is 425 g/mol. The molecule has 0 unspecified atom stereocenters. The molecule has 0 saturated carbocycles. The third kappa shape index (κ3) is 4.50. The van der Waals surface area contributed by atoms with Gasteiger partial charge in [-0.3, -0.25) is 9.59 Å². The lowest BCUT2D eigenvalue weighted by atomic mass is 10.1. The van der Waals surface area contributed by atoms with Gasteiger partial charge in [-0.15, -0.1) is 0 Å². The molecule has 1 saturated heterocycles. The first-order valence-electron chi connectivity index (χ1n) is 8.26. The van der Waals surface area contributed by atoms with Crippen LogP contribution in [0.3, 0.4) is 0 Å². The molecule has 2 amide bonds. The van der Waals surface area contributed by atoms with E-state index >= 15 is 0 Å². The first-order valence-corrected chi connectivity index (χ1v) is 9.06. The first-order chi connectivity index (χ1) is 12.8. The van der Waals surface area contributed by atoms with Crippen molar-refractivity contribution in [3.05, 3.63) is 64.1 Å². The van der Waals surface area contributed by atoms with Crippen molar-refractivity contribution in [2.45, 2.75) is 19.1 Å². The Morgan fingerprint density at radius 3 is 2.56 bits per heavy atom. The fourth-order valence-corrected chi connectivity index (χ4v) is 3.23. The Labute approximate surface area is 162 Å². The fourth-order valence-electron chi connectivity index (χ4n) is 2.97. The van der Waals surface area contributed by atoms with Crippen LogP contribution in [0.15, 0.2) is 53.0 Å². The smallest absolute Gasteiger partial charge is 0.351 e. The highest BCUT2D eigenvalue weighted by Crippen LogP contribution is 2.30. The average Bonchev–Trinajstić information content (AvgIpc) is 3.01. The van der Waals surface area contributed by atoms with Crippen LogP contribution in [0.5, 0.6) is 0 Å². The van der Waals surface area contributed by atoms with E-state index in [2.05, 4.69) is 21.2 Å². The zero-order valence-corrected chi connectivity index (χ0v) is 15.7. The number of nitrogens with zero attached hydrogens (tertiary/aromatic N) is 1. The molecule has 1 aliphatic rings. The summed E-state index contributed by atoms with van der Waals surface area (Å²) in [6, 6.07) is 11.9. The summed E-state index contributed by atoms with van der Waals surface area (Å²) in [6.45, 7) is 0.354. The lowest BCUT2D eigenvalue weighted by molar-refractivity contribution is -0.137. The number of carbonyl (C=O) groups is 2. The summed E-state index contributed by atoms with van der Waals surface area (Å²) < 4.78 is 39.1. The van der Waals surface area contributed by atoms with Gasteiger partial charge in [0.15, 0.2) is 0 Å². The Morgan fingerprint density at radius 1 is 1.19 bits per heavy atom. The monoisotopic (exact) mass is 440 g/mol. The number of hydrogen-bond donors (Lipinski definition) is 1. The predicted molar refractivity (Wildman–Crippen MR) is 97.9 cm³/mol. The van der Waals surface area contributed by atoms with Crippen molar-refractivity contribution in [1.82, 2.24) is 5.32 Å². The summed E-state index contributed by atoms with van der Waals surface area (Å²) in [5.41, 5.74) is 0.261. The number of amides is 2. The van der Waals surface area contributed by atoms with Crippen LogP contribution in [0.4, 0.5) is 18.9 Å². The molecule has 3 rings (SSSR count). The molecule has 0 radical (unpaired) electrons. The number of halogens is 4. The topological polar surface area (TPSA) is 49.4 Å². The second-order valence-corrected chi connectivity index (χ2v) is 7.14. The minimum atomic E-state index is -4.44. The van der Waals surface area contributed by atoms with Crippen molar-refractivity contribution in [3.63, 3.8) is 0 Å². The summed E-state index contributed by atoms with van der Waals surface area (Å²) in [5, 5.41) is 2.57. The molecule has 2 aromatic carbocycles. The minimum absolute atomic E-state index is 0.0647.